The number of fused-ring (bicyclic) bond motifs is 1. The van der Waals surface area contributed by atoms with E-state index in [-0.39, 0.29) is 16.6 Å². The summed E-state index contributed by atoms with van der Waals surface area (Å²) in [5.74, 6) is -0.0825. The number of thiazole rings is 1. The van der Waals surface area contributed by atoms with Crippen LogP contribution in [0.15, 0.2) is 18.2 Å². The van der Waals surface area contributed by atoms with Crippen molar-refractivity contribution in [1.82, 2.24) is 14.8 Å². The molecule has 24 heavy (non-hydrogen) atoms. The van der Waals surface area contributed by atoms with Gasteiger partial charge in [0.2, 0.25) is 5.91 Å². The van der Waals surface area contributed by atoms with Crippen molar-refractivity contribution in [1.29, 1.82) is 0 Å². The largest absolute Gasteiger partial charge is 0.336 e. The van der Waals surface area contributed by atoms with Crippen molar-refractivity contribution in [3.8, 4) is 0 Å². The average molecular weight is 411 g/mol. The Hall–Kier alpha value is -1.51. The zero-order chi connectivity index (χ0) is 17.3. The molecule has 1 fully saturated rings. The number of carbonyl (C=O) groups excluding carboxylic acids is 2. The smallest absolute Gasteiger partial charge is 0.253 e. The Morgan fingerprint density at radius 3 is 2.67 bits per heavy atom. The minimum absolute atomic E-state index is 0.0538. The summed E-state index contributed by atoms with van der Waals surface area (Å²) in [4.78, 5) is 32.6. The van der Waals surface area contributed by atoms with Crippen LogP contribution in [0, 0.1) is 0 Å². The summed E-state index contributed by atoms with van der Waals surface area (Å²) in [5.41, 5.74) is 1.45. The normalized spacial score (nSPS) is 17.0. The molecule has 1 saturated heterocycles. The van der Waals surface area contributed by atoms with Gasteiger partial charge in [0, 0.05) is 31.7 Å². The molecule has 128 valence electrons. The number of rotatable bonds is 3. The Labute approximate surface area is 153 Å². The van der Waals surface area contributed by atoms with Crippen LogP contribution in [0.4, 0.5) is 5.13 Å². The molecule has 1 aliphatic rings. The van der Waals surface area contributed by atoms with Gasteiger partial charge in [-0.1, -0.05) is 27.3 Å². The van der Waals surface area contributed by atoms with Gasteiger partial charge in [0.1, 0.15) is 0 Å². The number of hydrogen-bond donors (Lipinski definition) is 1. The van der Waals surface area contributed by atoms with Crippen LogP contribution in [0.3, 0.4) is 0 Å². The Kier molecular flexibility index (Phi) is 5.17. The van der Waals surface area contributed by atoms with E-state index < -0.39 is 0 Å². The predicted molar refractivity (Wildman–Crippen MR) is 100 cm³/mol. The first-order chi connectivity index (χ1) is 11.4. The minimum Gasteiger partial charge on any atom is -0.336 e. The number of carbonyl (C=O) groups is 2. The zero-order valence-electron chi connectivity index (χ0n) is 13.6. The van der Waals surface area contributed by atoms with Crippen molar-refractivity contribution in [2.24, 2.45) is 0 Å². The number of halogens is 1. The molecule has 0 bridgehead atoms. The first-order valence-electron chi connectivity index (χ1n) is 7.77. The van der Waals surface area contributed by atoms with Gasteiger partial charge in [-0.15, -0.1) is 0 Å². The van der Waals surface area contributed by atoms with Crippen molar-refractivity contribution < 1.29 is 9.59 Å². The Bertz CT molecular complexity index is 769. The van der Waals surface area contributed by atoms with Gasteiger partial charge < -0.3 is 15.1 Å². The maximum Gasteiger partial charge on any atom is 0.253 e. The number of piperazine rings is 1. The Morgan fingerprint density at radius 1 is 1.29 bits per heavy atom. The molecule has 2 heterocycles. The molecule has 2 aromatic rings. The lowest BCUT2D eigenvalue weighted by molar-refractivity contribution is -0.115. The third kappa shape index (κ3) is 3.76. The molecule has 1 aliphatic heterocycles. The molecule has 0 aliphatic carbocycles. The number of alkyl halides is 1. The number of nitrogens with one attached hydrogen (secondary N) is 1. The topological polar surface area (TPSA) is 65.5 Å². The molecule has 2 amide bonds. The molecule has 1 atom stereocenters. The van der Waals surface area contributed by atoms with Gasteiger partial charge in [0.25, 0.3) is 5.91 Å². The Balaban J connectivity index is 1.78. The highest BCUT2D eigenvalue weighted by Crippen LogP contribution is 2.27. The molecule has 8 heteroatoms. The molecule has 1 N–H and O–H groups in total. The number of amides is 2. The molecular formula is C16H19BrN4O2S. The molecule has 3 rings (SSSR count). The first kappa shape index (κ1) is 17.3. The van der Waals surface area contributed by atoms with Crippen LogP contribution in [0.1, 0.15) is 17.3 Å². The second-order valence-electron chi connectivity index (χ2n) is 5.90. The van der Waals surface area contributed by atoms with Crippen LogP contribution < -0.4 is 5.32 Å². The zero-order valence-corrected chi connectivity index (χ0v) is 16.0. The van der Waals surface area contributed by atoms with E-state index in [1.807, 2.05) is 17.0 Å². The van der Waals surface area contributed by atoms with E-state index in [2.05, 4.69) is 38.2 Å². The van der Waals surface area contributed by atoms with Gasteiger partial charge in [0.15, 0.2) is 5.13 Å². The van der Waals surface area contributed by atoms with Crippen LogP contribution in [-0.2, 0) is 4.79 Å². The van der Waals surface area contributed by atoms with E-state index in [1.54, 1.807) is 13.0 Å². The van der Waals surface area contributed by atoms with Gasteiger partial charge in [0.05, 0.1) is 15.0 Å². The van der Waals surface area contributed by atoms with Gasteiger partial charge in [-0.2, -0.15) is 0 Å². The summed E-state index contributed by atoms with van der Waals surface area (Å²) in [6, 6.07) is 5.50. The molecular weight excluding hydrogens is 392 g/mol. The summed E-state index contributed by atoms with van der Waals surface area (Å²) >= 11 is 4.61. The lowest BCUT2D eigenvalue weighted by atomic mass is 10.1. The quantitative estimate of drug-likeness (QED) is 0.788. The molecule has 1 aromatic heterocycles. The summed E-state index contributed by atoms with van der Waals surface area (Å²) in [6.45, 7) is 5.06. The average Bonchev–Trinajstić information content (AvgIpc) is 2.96. The van der Waals surface area contributed by atoms with Gasteiger partial charge in [-0.05, 0) is 32.2 Å². The summed E-state index contributed by atoms with van der Waals surface area (Å²) < 4.78 is 0.896. The second-order valence-corrected chi connectivity index (χ2v) is 8.31. The van der Waals surface area contributed by atoms with E-state index in [9.17, 15) is 9.59 Å². The summed E-state index contributed by atoms with van der Waals surface area (Å²) in [7, 11) is 2.06. The number of anilines is 1. The van der Waals surface area contributed by atoms with Gasteiger partial charge in [-0.3, -0.25) is 9.59 Å². The van der Waals surface area contributed by atoms with E-state index in [1.165, 1.54) is 11.3 Å². The van der Waals surface area contributed by atoms with Crippen LogP contribution in [0.5, 0.6) is 0 Å². The van der Waals surface area contributed by atoms with Crippen LogP contribution >= 0.6 is 27.3 Å². The van der Waals surface area contributed by atoms with Crippen LogP contribution in [0.25, 0.3) is 10.2 Å². The van der Waals surface area contributed by atoms with Crippen molar-refractivity contribution in [2.75, 3.05) is 38.5 Å². The van der Waals surface area contributed by atoms with Gasteiger partial charge in [-0.25, -0.2) is 4.98 Å². The maximum atomic E-state index is 12.6. The minimum atomic E-state index is -0.279. The van der Waals surface area contributed by atoms with E-state index in [0.29, 0.717) is 10.7 Å². The number of aromatic nitrogens is 1. The third-order valence-electron chi connectivity index (χ3n) is 4.02. The van der Waals surface area contributed by atoms with Crippen LogP contribution in [0.2, 0.25) is 0 Å². The fourth-order valence-corrected chi connectivity index (χ4v) is 3.53. The predicted octanol–water partition coefficient (Wildman–Crippen LogP) is 2.41. The SMILES string of the molecule is CC(Br)C(=O)Nc1nc2ccc(C(=O)N3CCN(C)CC3)cc2s1. The lowest BCUT2D eigenvalue weighted by Crippen LogP contribution is -2.47. The summed E-state index contributed by atoms with van der Waals surface area (Å²) in [6.07, 6.45) is 0. The van der Waals surface area contributed by atoms with Crippen LogP contribution in [-0.4, -0.2) is 64.7 Å². The fraction of sp³-hybridized carbons (Fsp3) is 0.438. The number of benzene rings is 1. The summed E-state index contributed by atoms with van der Waals surface area (Å²) in [5, 5.41) is 3.32. The van der Waals surface area contributed by atoms with E-state index in [0.717, 1.165) is 36.4 Å². The Morgan fingerprint density at radius 2 is 2.00 bits per heavy atom. The van der Waals surface area contributed by atoms with E-state index >= 15 is 0 Å². The molecule has 1 unspecified atom stereocenters. The highest BCUT2D eigenvalue weighted by Gasteiger charge is 2.21. The van der Waals surface area contributed by atoms with Gasteiger partial charge >= 0.3 is 0 Å². The number of likely N-dealkylation sites (N-methyl/N-ethyl adjacent to an activating group) is 1. The highest BCUT2D eigenvalue weighted by molar-refractivity contribution is 9.10. The van der Waals surface area contributed by atoms with E-state index in [4.69, 9.17) is 0 Å². The van der Waals surface area contributed by atoms with Crippen molar-refractivity contribution in [2.45, 2.75) is 11.8 Å². The molecule has 6 nitrogen and oxygen atoms in total. The maximum absolute atomic E-state index is 12.6. The standard InChI is InChI=1S/C16H19BrN4O2S/c1-10(17)14(22)19-16-18-12-4-3-11(9-13(12)24-16)15(23)21-7-5-20(2)6-8-21/h3-4,9-10H,5-8H2,1-2H3,(H,18,19,22). The number of hydrogen-bond acceptors (Lipinski definition) is 5. The third-order valence-corrected chi connectivity index (χ3v) is 5.37. The number of nitrogens with zero attached hydrogens (tertiary/aromatic N) is 3. The molecule has 0 radical (unpaired) electrons. The van der Waals surface area contributed by atoms with Crippen molar-refractivity contribution in [3.63, 3.8) is 0 Å². The first-order valence-corrected chi connectivity index (χ1v) is 9.50. The monoisotopic (exact) mass is 410 g/mol. The fourth-order valence-electron chi connectivity index (χ4n) is 2.51. The lowest BCUT2D eigenvalue weighted by Gasteiger charge is -2.32. The molecule has 0 saturated carbocycles. The molecule has 1 aromatic carbocycles. The second kappa shape index (κ2) is 7.16. The highest BCUT2D eigenvalue weighted by atomic mass is 79.9. The van der Waals surface area contributed by atoms with Crippen molar-refractivity contribution >= 4 is 54.4 Å². The van der Waals surface area contributed by atoms with Crippen molar-refractivity contribution in [3.05, 3.63) is 23.8 Å². The molecule has 0 spiro atoms.